The summed E-state index contributed by atoms with van der Waals surface area (Å²) in [7, 11) is 0. The Morgan fingerprint density at radius 3 is 1.66 bits per heavy atom. The maximum atomic E-state index is 11.6. The normalized spacial score (nSPS) is 10.5. The van der Waals surface area contributed by atoms with E-state index in [0.717, 1.165) is 37.6 Å². The zero-order valence-electron chi connectivity index (χ0n) is 17.6. The van der Waals surface area contributed by atoms with Crippen LogP contribution >= 0.6 is 0 Å². The predicted octanol–water partition coefficient (Wildman–Crippen LogP) is 6.44. The highest BCUT2D eigenvalue weighted by atomic mass is 16.5. The first-order valence-electron chi connectivity index (χ1n) is 10.9. The average molecular weight is 399 g/mol. The molecule has 2 aromatic rings. The largest absolute Gasteiger partial charge is 0.494 e. The van der Waals surface area contributed by atoms with Crippen molar-refractivity contribution in [3.63, 3.8) is 0 Å². The molecule has 0 spiro atoms. The van der Waals surface area contributed by atoms with Gasteiger partial charge in [0.15, 0.2) is 0 Å². The van der Waals surface area contributed by atoms with Gasteiger partial charge in [-0.15, -0.1) is 0 Å². The van der Waals surface area contributed by atoms with Gasteiger partial charge in [-0.05, 0) is 56.2 Å². The van der Waals surface area contributed by atoms with Crippen LogP contribution in [0.1, 0.15) is 68.6 Å². The van der Waals surface area contributed by atoms with Crippen LogP contribution in [0.5, 0.6) is 11.5 Å². The van der Waals surface area contributed by atoms with Crippen molar-refractivity contribution >= 4 is 5.97 Å². The minimum absolute atomic E-state index is 0.289. The maximum absolute atomic E-state index is 11.6. The van der Waals surface area contributed by atoms with Gasteiger partial charge in [-0.3, -0.25) is 0 Å². The smallest absolute Gasteiger partial charge is 0.338 e. The Labute approximate surface area is 175 Å². The van der Waals surface area contributed by atoms with Crippen LogP contribution in [0, 0.1) is 0 Å². The van der Waals surface area contributed by atoms with Crippen molar-refractivity contribution in [1.82, 2.24) is 0 Å². The van der Waals surface area contributed by atoms with Crippen molar-refractivity contribution in [3.8, 4) is 11.5 Å². The van der Waals surface area contributed by atoms with Gasteiger partial charge in [-0.1, -0.05) is 56.7 Å². The first-order chi connectivity index (χ1) is 14.3. The third-order valence-electron chi connectivity index (χ3n) is 4.68. The van der Waals surface area contributed by atoms with E-state index in [1.54, 1.807) is 19.1 Å². The fourth-order valence-corrected chi connectivity index (χ4v) is 3.06. The molecule has 0 saturated carbocycles. The third-order valence-corrected chi connectivity index (χ3v) is 4.68. The van der Waals surface area contributed by atoms with E-state index in [0.29, 0.717) is 12.2 Å². The summed E-state index contributed by atoms with van der Waals surface area (Å²) in [4.78, 5) is 11.6. The molecule has 0 bridgehead atoms. The van der Waals surface area contributed by atoms with Crippen LogP contribution in [0.2, 0.25) is 0 Å². The molecule has 0 aliphatic heterocycles. The highest BCUT2D eigenvalue weighted by molar-refractivity contribution is 5.89. The molecule has 0 amide bonds. The van der Waals surface area contributed by atoms with E-state index in [-0.39, 0.29) is 5.97 Å². The number of ether oxygens (including phenoxy) is 3. The lowest BCUT2D eigenvalue weighted by Crippen LogP contribution is -2.04. The molecule has 0 saturated heterocycles. The van der Waals surface area contributed by atoms with Crippen LogP contribution in [-0.4, -0.2) is 25.8 Å². The number of hydrogen-bond donors (Lipinski definition) is 0. The quantitative estimate of drug-likeness (QED) is 0.256. The number of unbranched alkanes of at least 4 members (excludes halogenated alkanes) is 7. The van der Waals surface area contributed by atoms with Crippen molar-refractivity contribution < 1.29 is 19.0 Å². The van der Waals surface area contributed by atoms with Gasteiger partial charge in [0.2, 0.25) is 0 Å². The third kappa shape index (κ3) is 10.0. The SMILES string of the molecule is CCOC(=O)c1ccc(OCCCCCCCCCCOc2ccccc2)cc1. The summed E-state index contributed by atoms with van der Waals surface area (Å²) in [6.45, 7) is 3.72. The van der Waals surface area contributed by atoms with E-state index < -0.39 is 0 Å². The second kappa shape index (κ2) is 14.5. The van der Waals surface area contributed by atoms with Crippen molar-refractivity contribution in [3.05, 3.63) is 60.2 Å². The van der Waals surface area contributed by atoms with Crippen LogP contribution in [0.3, 0.4) is 0 Å². The zero-order chi connectivity index (χ0) is 20.6. The molecular formula is C25H34O4. The summed E-state index contributed by atoms with van der Waals surface area (Å²) in [5.41, 5.74) is 0.561. The van der Waals surface area contributed by atoms with Gasteiger partial charge < -0.3 is 14.2 Å². The van der Waals surface area contributed by atoms with Gasteiger partial charge in [0.25, 0.3) is 0 Å². The minimum atomic E-state index is -0.289. The van der Waals surface area contributed by atoms with Gasteiger partial charge in [-0.2, -0.15) is 0 Å². The molecule has 4 heteroatoms. The molecule has 0 heterocycles. The van der Waals surface area contributed by atoms with Crippen molar-refractivity contribution in [2.45, 2.75) is 58.3 Å². The minimum Gasteiger partial charge on any atom is -0.494 e. The summed E-state index contributed by atoms with van der Waals surface area (Å²) in [6, 6.07) is 17.2. The Kier molecular flexibility index (Phi) is 11.4. The van der Waals surface area contributed by atoms with Crippen LogP contribution in [0.15, 0.2) is 54.6 Å². The number of para-hydroxylation sites is 1. The van der Waals surface area contributed by atoms with Gasteiger partial charge in [0.1, 0.15) is 11.5 Å². The number of benzene rings is 2. The molecule has 2 rings (SSSR count). The summed E-state index contributed by atoms with van der Waals surface area (Å²) in [5, 5.41) is 0. The molecule has 0 aliphatic carbocycles. The summed E-state index contributed by atoms with van der Waals surface area (Å²) < 4.78 is 16.4. The summed E-state index contributed by atoms with van der Waals surface area (Å²) >= 11 is 0. The standard InChI is InChI=1S/C25H34O4/c1-2-27-25(26)22-16-18-24(19-17-22)29-21-13-8-6-4-3-5-7-12-20-28-23-14-10-9-11-15-23/h9-11,14-19H,2-8,12-13,20-21H2,1H3. The second-order valence-electron chi connectivity index (χ2n) is 7.08. The van der Waals surface area contributed by atoms with Crippen LogP contribution < -0.4 is 9.47 Å². The molecular weight excluding hydrogens is 364 g/mol. The lowest BCUT2D eigenvalue weighted by molar-refractivity contribution is 0.0526. The maximum Gasteiger partial charge on any atom is 0.338 e. The average Bonchev–Trinajstić information content (AvgIpc) is 2.76. The first kappa shape index (κ1) is 22.8. The van der Waals surface area contributed by atoms with E-state index in [1.165, 1.54) is 38.5 Å². The Hall–Kier alpha value is -2.49. The number of esters is 1. The van der Waals surface area contributed by atoms with Crippen molar-refractivity contribution in [2.75, 3.05) is 19.8 Å². The monoisotopic (exact) mass is 398 g/mol. The molecule has 0 radical (unpaired) electrons. The Morgan fingerprint density at radius 1 is 0.655 bits per heavy atom. The predicted molar refractivity (Wildman–Crippen MR) is 117 cm³/mol. The van der Waals surface area contributed by atoms with Gasteiger partial charge in [-0.25, -0.2) is 4.79 Å². The topological polar surface area (TPSA) is 44.8 Å². The Bertz CT molecular complexity index is 667. The molecule has 0 N–H and O–H groups in total. The van der Waals surface area contributed by atoms with Gasteiger partial charge >= 0.3 is 5.97 Å². The molecule has 0 aromatic heterocycles. The van der Waals surface area contributed by atoms with Crippen LogP contribution in [0.25, 0.3) is 0 Å². The van der Waals surface area contributed by atoms with E-state index in [1.807, 2.05) is 42.5 Å². The lowest BCUT2D eigenvalue weighted by atomic mass is 10.1. The highest BCUT2D eigenvalue weighted by Gasteiger charge is 2.05. The molecule has 0 aliphatic rings. The van der Waals surface area contributed by atoms with E-state index in [2.05, 4.69) is 0 Å². The van der Waals surface area contributed by atoms with Crippen LogP contribution in [-0.2, 0) is 4.74 Å². The molecule has 29 heavy (non-hydrogen) atoms. The molecule has 0 unspecified atom stereocenters. The Morgan fingerprint density at radius 2 is 1.14 bits per heavy atom. The fourth-order valence-electron chi connectivity index (χ4n) is 3.06. The number of carbonyl (C=O) groups is 1. The molecule has 0 atom stereocenters. The van der Waals surface area contributed by atoms with E-state index in [9.17, 15) is 4.79 Å². The zero-order valence-corrected chi connectivity index (χ0v) is 17.6. The van der Waals surface area contributed by atoms with Crippen LogP contribution in [0.4, 0.5) is 0 Å². The molecule has 158 valence electrons. The Balaban J connectivity index is 1.39. The van der Waals surface area contributed by atoms with Crippen molar-refractivity contribution in [1.29, 1.82) is 0 Å². The first-order valence-corrected chi connectivity index (χ1v) is 10.9. The highest BCUT2D eigenvalue weighted by Crippen LogP contribution is 2.15. The summed E-state index contributed by atoms with van der Waals surface area (Å²) in [6.07, 6.45) is 9.72. The number of hydrogen-bond acceptors (Lipinski definition) is 4. The second-order valence-corrected chi connectivity index (χ2v) is 7.08. The number of rotatable bonds is 15. The van der Waals surface area contributed by atoms with E-state index in [4.69, 9.17) is 14.2 Å². The molecule has 0 fully saturated rings. The molecule has 2 aromatic carbocycles. The summed E-state index contributed by atoms with van der Waals surface area (Å²) in [5.74, 6) is 1.48. The fraction of sp³-hybridized carbons (Fsp3) is 0.480. The number of carbonyl (C=O) groups excluding carboxylic acids is 1. The van der Waals surface area contributed by atoms with Crippen molar-refractivity contribution in [2.24, 2.45) is 0 Å². The van der Waals surface area contributed by atoms with E-state index >= 15 is 0 Å². The van der Waals surface area contributed by atoms with Gasteiger partial charge in [0.05, 0.1) is 25.4 Å². The molecule has 4 nitrogen and oxygen atoms in total. The lowest BCUT2D eigenvalue weighted by Gasteiger charge is -2.07. The van der Waals surface area contributed by atoms with Gasteiger partial charge in [0, 0.05) is 0 Å².